The van der Waals surface area contributed by atoms with Crippen LogP contribution in [-0.2, 0) is 16.2 Å². The van der Waals surface area contributed by atoms with Crippen molar-refractivity contribution in [3.05, 3.63) is 192 Å². The largest absolute Gasteiger partial charge is 0.309 e. The fraction of sp³-hybridized carbons (Fsp3) is 0.300. The van der Waals surface area contributed by atoms with Crippen LogP contribution in [0, 0.1) is 17.8 Å². The summed E-state index contributed by atoms with van der Waals surface area (Å²) in [6.45, 7) is 13.6. The van der Waals surface area contributed by atoms with Gasteiger partial charge in [0.1, 0.15) is 0 Å². The van der Waals surface area contributed by atoms with Crippen LogP contribution < -0.4 is 9.80 Å². The van der Waals surface area contributed by atoms with Gasteiger partial charge in [-0.05, 0) is 178 Å². The third-order valence-electron chi connectivity index (χ3n) is 14.6. The molecule has 4 fully saturated rings. The Morgan fingerprint density at radius 1 is 0.413 bits per heavy atom. The molecule has 63 heavy (non-hydrogen) atoms. The number of halogens is 1. The maximum Gasteiger partial charge on any atom is 0.0887 e. The highest BCUT2D eigenvalue weighted by atomic mass is 35.5. The zero-order valence-electron chi connectivity index (χ0n) is 37.9. The van der Waals surface area contributed by atoms with Crippen LogP contribution >= 0.6 is 11.6 Å². The van der Waals surface area contributed by atoms with Crippen molar-refractivity contribution in [2.24, 2.45) is 17.8 Å². The van der Waals surface area contributed by atoms with E-state index in [0.29, 0.717) is 10.4 Å². The molecule has 2 nitrogen and oxygen atoms in total. The molecule has 318 valence electrons. The molecule has 4 aliphatic rings. The maximum absolute atomic E-state index is 7.98. The number of hydrogen-bond acceptors (Lipinski definition) is 2. The Kier molecular flexibility index (Phi) is 10.7. The normalized spacial score (nSPS) is 20.5. The Balaban J connectivity index is 1.15. The Bertz CT molecular complexity index is 2550. The Morgan fingerprint density at radius 3 is 1.19 bits per heavy atom. The van der Waals surface area contributed by atoms with Gasteiger partial charge in [0.25, 0.3) is 0 Å². The van der Waals surface area contributed by atoms with Gasteiger partial charge in [-0.2, -0.15) is 0 Å². The molecule has 0 amide bonds. The second kappa shape index (κ2) is 16.2. The van der Waals surface area contributed by atoms with Gasteiger partial charge in [0.05, 0.1) is 16.4 Å². The minimum atomic E-state index is 0.0356. The highest BCUT2D eigenvalue weighted by molar-refractivity contribution is 6.36. The third-order valence-corrected chi connectivity index (χ3v) is 15.0. The van der Waals surface area contributed by atoms with Crippen LogP contribution in [0.2, 0.25) is 5.02 Å². The molecular formula is C60H61ClN2. The smallest absolute Gasteiger partial charge is 0.0887 e. The first-order chi connectivity index (χ1) is 30.3. The molecule has 0 saturated heterocycles. The average Bonchev–Trinajstić information content (AvgIpc) is 3.28. The van der Waals surface area contributed by atoms with E-state index in [1.54, 1.807) is 0 Å². The zero-order valence-corrected chi connectivity index (χ0v) is 38.7. The van der Waals surface area contributed by atoms with E-state index < -0.39 is 0 Å². The molecule has 0 spiro atoms. The molecule has 4 bridgehead atoms. The zero-order chi connectivity index (χ0) is 43.5. The molecule has 7 aromatic rings. The van der Waals surface area contributed by atoms with Gasteiger partial charge in [-0.3, -0.25) is 0 Å². The van der Waals surface area contributed by atoms with Crippen molar-refractivity contribution in [3.63, 3.8) is 0 Å². The quantitative estimate of drug-likeness (QED) is 0.143. The Hall–Kier alpha value is -5.57. The average molecular weight is 846 g/mol. The molecule has 0 atom stereocenters. The number of rotatable bonds is 9. The fourth-order valence-electron chi connectivity index (χ4n) is 11.7. The van der Waals surface area contributed by atoms with Gasteiger partial charge in [0, 0.05) is 22.7 Å². The van der Waals surface area contributed by atoms with Crippen LogP contribution in [0.5, 0.6) is 0 Å². The monoisotopic (exact) mass is 844 g/mol. The lowest BCUT2D eigenvalue weighted by molar-refractivity contribution is -0.00518. The number of nitrogens with zero attached hydrogens (tertiary/aromatic N) is 2. The highest BCUT2D eigenvalue weighted by Crippen LogP contribution is 2.61. The molecule has 3 heteroatoms. The second-order valence-corrected chi connectivity index (χ2v) is 21.5. The van der Waals surface area contributed by atoms with E-state index in [0.717, 1.165) is 63.0 Å². The van der Waals surface area contributed by atoms with E-state index >= 15 is 0 Å². The van der Waals surface area contributed by atoms with E-state index in [9.17, 15) is 0 Å². The van der Waals surface area contributed by atoms with Crippen LogP contribution in [0.3, 0.4) is 0 Å². The van der Waals surface area contributed by atoms with Crippen LogP contribution in [0.25, 0.3) is 22.3 Å². The van der Waals surface area contributed by atoms with Crippen molar-refractivity contribution in [2.75, 3.05) is 9.80 Å². The molecule has 4 aliphatic carbocycles. The van der Waals surface area contributed by atoms with Gasteiger partial charge in [0.2, 0.25) is 0 Å². The Labute approximate surface area is 381 Å². The molecule has 0 unspecified atom stereocenters. The molecule has 0 radical (unpaired) electrons. The van der Waals surface area contributed by atoms with Gasteiger partial charge in [0.15, 0.2) is 0 Å². The summed E-state index contributed by atoms with van der Waals surface area (Å²) >= 11 is 7.98. The number of hydrogen-bond donors (Lipinski definition) is 0. The minimum absolute atomic E-state index is 0.0356. The van der Waals surface area contributed by atoms with Gasteiger partial charge >= 0.3 is 0 Å². The molecule has 4 saturated carbocycles. The van der Waals surface area contributed by atoms with E-state index in [2.05, 4.69) is 221 Å². The van der Waals surface area contributed by atoms with E-state index in [4.69, 9.17) is 11.6 Å². The summed E-state index contributed by atoms with van der Waals surface area (Å²) in [4.78, 5) is 4.73. The van der Waals surface area contributed by atoms with Gasteiger partial charge in [-0.15, -0.1) is 0 Å². The first-order valence-corrected chi connectivity index (χ1v) is 23.7. The minimum Gasteiger partial charge on any atom is -0.309 e. The maximum atomic E-state index is 7.98. The first kappa shape index (κ1) is 41.4. The molecule has 7 aromatic carbocycles. The predicted molar refractivity (Wildman–Crippen MR) is 269 cm³/mol. The summed E-state index contributed by atoms with van der Waals surface area (Å²) in [6.07, 6.45) is 8.37. The molecular weight excluding hydrogens is 784 g/mol. The van der Waals surface area contributed by atoms with Crippen LogP contribution in [-0.4, -0.2) is 0 Å². The van der Waals surface area contributed by atoms with Crippen LogP contribution in [0.15, 0.2) is 170 Å². The van der Waals surface area contributed by atoms with Gasteiger partial charge < -0.3 is 9.80 Å². The summed E-state index contributed by atoms with van der Waals surface area (Å²) in [5.74, 6) is 2.68. The molecule has 0 N–H and O–H groups in total. The summed E-state index contributed by atoms with van der Waals surface area (Å²) in [7, 11) is 0. The van der Waals surface area contributed by atoms with Crippen molar-refractivity contribution in [3.8, 4) is 22.3 Å². The number of anilines is 6. The summed E-state index contributed by atoms with van der Waals surface area (Å²) in [5, 5.41) is 0.689. The van der Waals surface area contributed by atoms with Gasteiger partial charge in [-0.1, -0.05) is 156 Å². The third kappa shape index (κ3) is 8.13. The highest BCUT2D eigenvalue weighted by Gasteiger charge is 2.51. The van der Waals surface area contributed by atoms with Crippen molar-refractivity contribution >= 4 is 45.7 Å². The summed E-state index contributed by atoms with van der Waals surface area (Å²) in [5.41, 5.74) is 15.3. The first-order valence-electron chi connectivity index (χ1n) is 23.3. The van der Waals surface area contributed by atoms with E-state index in [-0.39, 0.29) is 10.8 Å². The SMILES string of the molecule is CC(C)(C)c1ccc(N(c2ccc(C(C)(C)C)cc2)c2cccc(N(c3ccc(C45CC6CC(CC(C6)C4)C5)cc3)c3cc(-c4ccccc4)cc(-c4ccccc4)c3)c2Cl)cc1. The van der Waals surface area contributed by atoms with Crippen LogP contribution in [0.1, 0.15) is 96.8 Å². The lowest BCUT2D eigenvalue weighted by atomic mass is 9.48. The van der Waals surface area contributed by atoms with E-state index in [1.165, 1.54) is 66.3 Å². The molecule has 0 aromatic heterocycles. The van der Waals surface area contributed by atoms with Crippen molar-refractivity contribution in [1.29, 1.82) is 0 Å². The van der Waals surface area contributed by atoms with Crippen LogP contribution in [0.4, 0.5) is 34.1 Å². The second-order valence-electron chi connectivity index (χ2n) is 21.1. The van der Waals surface area contributed by atoms with Gasteiger partial charge in [-0.25, -0.2) is 0 Å². The molecule has 0 aliphatic heterocycles. The fourth-order valence-corrected chi connectivity index (χ4v) is 12.0. The van der Waals surface area contributed by atoms with E-state index in [1.807, 2.05) is 0 Å². The lowest BCUT2D eigenvalue weighted by Gasteiger charge is -2.57. The topological polar surface area (TPSA) is 6.48 Å². The molecule has 0 heterocycles. The molecule has 11 rings (SSSR count). The predicted octanol–water partition coefficient (Wildman–Crippen LogP) is 17.7. The van der Waals surface area contributed by atoms with Crippen molar-refractivity contribution < 1.29 is 0 Å². The summed E-state index contributed by atoms with van der Waals surface area (Å²) < 4.78 is 0. The lowest BCUT2D eigenvalue weighted by Crippen LogP contribution is -2.48. The van der Waals surface area contributed by atoms with Crippen molar-refractivity contribution in [1.82, 2.24) is 0 Å². The summed E-state index contributed by atoms with van der Waals surface area (Å²) in [6, 6.07) is 62.8. The van der Waals surface area contributed by atoms with Crippen molar-refractivity contribution in [2.45, 2.75) is 96.3 Å². The number of benzene rings is 7. The standard InChI is InChI=1S/C60H61ClN2/c1-58(2,3)48-20-26-51(27-21-48)62(52-28-22-49(23-29-52)59(4,5)6)55-18-13-19-56(57(55)61)63(53-30-24-50(25-31-53)60-38-41-32-42(39-60)34-43(33-41)40-60)54-36-46(44-14-9-7-10-15-44)35-47(37-54)45-16-11-8-12-17-45/h7-31,35-37,41-43H,32-34,38-40H2,1-6H3. The Morgan fingerprint density at radius 2 is 0.794 bits per heavy atom.